The molecule has 0 N–H and O–H groups in total. The fourth-order valence-corrected chi connectivity index (χ4v) is 5.59. The highest BCUT2D eigenvalue weighted by Crippen LogP contribution is 2.45. The van der Waals surface area contributed by atoms with Gasteiger partial charge in [0.2, 0.25) is 5.91 Å². The summed E-state index contributed by atoms with van der Waals surface area (Å²) in [6.07, 6.45) is 7.80. The molecule has 2 unspecified atom stereocenters. The number of benzene rings is 1. The molecule has 1 aliphatic carbocycles. The average molecular weight is 384 g/mol. The van der Waals surface area contributed by atoms with E-state index in [-0.39, 0.29) is 11.3 Å². The Morgan fingerprint density at radius 1 is 1.12 bits per heavy atom. The normalized spacial score (nSPS) is 20.2. The van der Waals surface area contributed by atoms with E-state index in [1.807, 2.05) is 31.2 Å². The van der Waals surface area contributed by atoms with Gasteiger partial charge in [-0.2, -0.15) is 0 Å². The van der Waals surface area contributed by atoms with Gasteiger partial charge in [0.05, 0.1) is 10.8 Å². The molecule has 0 aliphatic heterocycles. The Balaban J connectivity index is 2.29. The third kappa shape index (κ3) is 5.30. The first-order valence-electron chi connectivity index (χ1n) is 9.17. The molecule has 1 aliphatic rings. The SMILES string of the molecule is Cc1ccc(S(=O)C(Cl)C2(CC(=O)N(C)C)CCCCCCC2)cc1. The first-order valence-corrected chi connectivity index (χ1v) is 10.8. The van der Waals surface area contributed by atoms with Crippen molar-refractivity contribution in [3.63, 3.8) is 0 Å². The van der Waals surface area contributed by atoms with Gasteiger partial charge >= 0.3 is 0 Å². The van der Waals surface area contributed by atoms with Crippen molar-refractivity contribution in [1.29, 1.82) is 0 Å². The van der Waals surface area contributed by atoms with Crippen LogP contribution in [0, 0.1) is 12.3 Å². The number of hydrogen-bond acceptors (Lipinski definition) is 2. The summed E-state index contributed by atoms with van der Waals surface area (Å²) in [4.78, 5) is 14.9. The van der Waals surface area contributed by atoms with Crippen molar-refractivity contribution < 1.29 is 9.00 Å². The van der Waals surface area contributed by atoms with Crippen molar-refractivity contribution in [2.75, 3.05) is 14.1 Å². The average Bonchev–Trinajstić information content (AvgIpc) is 2.56. The van der Waals surface area contributed by atoms with E-state index in [0.717, 1.165) is 36.1 Å². The molecule has 1 aromatic carbocycles. The molecule has 0 saturated heterocycles. The molecule has 5 heteroatoms. The Labute approximate surface area is 159 Å². The molecule has 1 amide bonds. The molecule has 0 radical (unpaired) electrons. The van der Waals surface area contributed by atoms with Gasteiger partial charge in [0, 0.05) is 30.8 Å². The topological polar surface area (TPSA) is 37.4 Å². The summed E-state index contributed by atoms with van der Waals surface area (Å²) in [6, 6.07) is 7.72. The maximum atomic E-state index is 13.2. The molecule has 2 atom stereocenters. The molecule has 0 bridgehead atoms. The van der Waals surface area contributed by atoms with Crippen LogP contribution >= 0.6 is 11.6 Å². The quantitative estimate of drug-likeness (QED) is 0.679. The van der Waals surface area contributed by atoms with Crippen molar-refractivity contribution in [3.05, 3.63) is 29.8 Å². The largest absolute Gasteiger partial charge is 0.349 e. The summed E-state index contributed by atoms with van der Waals surface area (Å²) in [5.74, 6) is 0.0760. The van der Waals surface area contributed by atoms with Crippen LogP contribution in [0.1, 0.15) is 56.9 Å². The highest BCUT2D eigenvalue weighted by molar-refractivity contribution is 7.87. The maximum Gasteiger partial charge on any atom is 0.222 e. The second kappa shape index (κ2) is 9.18. The molecule has 0 spiro atoms. The number of hydrogen-bond donors (Lipinski definition) is 0. The molecule has 0 heterocycles. The number of carbonyl (C=O) groups is 1. The monoisotopic (exact) mass is 383 g/mol. The lowest BCUT2D eigenvalue weighted by atomic mass is 9.74. The van der Waals surface area contributed by atoms with E-state index in [1.54, 1.807) is 19.0 Å². The van der Waals surface area contributed by atoms with E-state index >= 15 is 0 Å². The molecule has 1 aromatic rings. The zero-order valence-corrected chi connectivity index (χ0v) is 17.2. The Morgan fingerprint density at radius 3 is 2.16 bits per heavy atom. The summed E-state index contributed by atoms with van der Waals surface area (Å²) in [5, 5.41) is 0. The summed E-state index contributed by atoms with van der Waals surface area (Å²) in [7, 11) is 2.23. The minimum atomic E-state index is -1.32. The standard InChI is InChI=1S/C20H30ClNO2S/c1-16-9-11-17(12-10-16)25(24)19(21)20(15-18(23)22(2)3)13-7-5-4-6-8-14-20/h9-12,19H,4-8,13-15H2,1-3H3. The second-order valence-electron chi connectivity index (χ2n) is 7.52. The van der Waals surface area contributed by atoms with Crippen LogP contribution in [0.25, 0.3) is 0 Å². The number of halogens is 1. The van der Waals surface area contributed by atoms with Gasteiger partial charge in [-0.1, -0.05) is 49.8 Å². The number of carbonyl (C=O) groups excluding carboxylic acids is 1. The predicted molar refractivity (Wildman–Crippen MR) is 105 cm³/mol. The molecular weight excluding hydrogens is 354 g/mol. The molecule has 140 valence electrons. The van der Waals surface area contributed by atoms with Crippen LogP contribution in [-0.2, 0) is 15.6 Å². The zero-order valence-electron chi connectivity index (χ0n) is 15.6. The van der Waals surface area contributed by atoms with E-state index in [9.17, 15) is 9.00 Å². The van der Waals surface area contributed by atoms with Gasteiger partial charge in [0.25, 0.3) is 0 Å². The summed E-state index contributed by atoms with van der Waals surface area (Å²) in [5.41, 5.74) is 0.745. The highest BCUT2D eigenvalue weighted by atomic mass is 35.5. The van der Waals surface area contributed by atoms with Crippen LogP contribution in [0.15, 0.2) is 29.2 Å². The highest BCUT2D eigenvalue weighted by Gasteiger charge is 2.43. The lowest BCUT2D eigenvalue weighted by molar-refractivity contribution is -0.131. The fourth-order valence-electron chi connectivity index (χ4n) is 3.57. The third-order valence-electron chi connectivity index (χ3n) is 5.27. The van der Waals surface area contributed by atoms with E-state index < -0.39 is 15.5 Å². The molecular formula is C20H30ClNO2S. The van der Waals surface area contributed by atoms with Crippen molar-refractivity contribution in [3.8, 4) is 0 Å². The number of nitrogens with zero attached hydrogens (tertiary/aromatic N) is 1. The summed E-state index contributed by atoms with van der Waals surface area (Å²) < 4.78 is 12.6. The first-order chi connectivity index (χ1) is 11.9. The smallest absolute Gasteiger partial charge is 0.222 e. The van der Waals surface area contributed by atoms with Crippen molar-refractivity contribution in [2.24, 2.45) is 5.41 Å². The number of aryl methyl sites for hydroxylation is 1. The van der Waals surface area contributed by atoms with Crippen molar-refractivity contribution in [2.45, 2.75) is 67.9 Å². The summed E-state index contributed by atoms with van der Waals surface area (Å²) in [6.45, 7) is 2.01. The first kappa shape index (κ1) is 20.4. The van der Waals surface area contributed by atoms with Gasteiger partial charge in [-0.3, -0.25) is 9.00 Å². The van der Waals surface area contributed by atoms with Gasteiger partial charge in [-0.05, 0) is 31.9 Å². The fraction of sp³-hybridized carbons (Fsp3) is 0.650. The Morgan fingerprint density at radius 2 is 1.64 bits per heavy atom. The van der Waals surface area contributed by atoms with Crippen LogP contribution in [0.2, 0.25) is 0 Å². The Hall–Kier alpha value is -0.870. The minimum Gasteiger partial charge on any atom is -0.349 e. The van der Waals surface area contributed by atoms with Crippen molar-refractivity contribution >= 4 is 28.3 Å². The number of alkyl halides is 1. The van der Waals surface area contributed by atoms with E-state index in [4.69, 9.17) is 11.6 Å². The molecule has 2 rings (SSSR count). The summed E-state index contributed by atoms with van der Waals surface area (Å²) >= 11 is 6.84. The van der Waals surface area contributed by atoms with Crippen LogP contribution in [0.4, 0.5) is 0 Å². The molecule has 25 heavy (non-hydrogen) atoms. The lowest BCUT2D eigenvalue weighted by Crippen LogP contribution is -2.40. The molecule has 1 fully saturated rings. The van der Waals surface area contributed by atoms with E-state index in [1.165, 1.54) is 19.3 Å². The van der Waals surface area contributed by atoms with Crippen LogP contribution in [-0.4, -0.2) is 33.8 Å². The van der Waals surface area contributed by atoms with Crippen LogP contribution in [0.3, 0.4) is 0 Å². The van der Waals surface area contributed by atoms with Gasteiger partial charge in [-0.25, -0.2) is 0 Å². The molecule has 0 aromatic heterocycles. The zero-order chi connectivity index (χ0) is 18.4. The number of rotatable bonds is 5. The third-order valence-corrected chi connectivity index (χ3v) is 7.84. The van der Waals surface area contributed by atoms with Crippen molar-refractivity contribution in [1.82, 2.24) is 4.90 Å². The second-order valence-corrected chi connectivity index (χ2v) is 9.75. The van der Waals surface area contributed by atoms with E-state index in [0.29, 0.717) is 6.42 Å². The van der Waals surface area contributed by atoms with E-state index in [2.05, 4.69) is 0 Å². The van der Waals surface area contributed by atoms with Crippen LogP contribution in [0.5, 0.6) is 0 Å². The Bertz CT molecular complexity index is 592. The van der Waals surface area contributed by atoms with Gasteiger partial charge in [0.1, 0.15) is 4.71 Å². The van der Waals surface area contributed by atoms with Gasteiger partial charge in [-0.15, -0.1) is 11.6 Å². The van der Waals surface area contributed by atoms with Gasteiger partial charge < -0.3 is 4.90 Å². The minimum absolute atomic E-state index is 0.0760. The van der Waals surface area contributed by atoms with Crippen LogP contribution < -0.4 is 0 Å². The van der Waals surface area contributed by atoms with Gasteiger partial charge in [0.15, 0.2) is 0 Å². The Kier molecular flexibility index (Phi) is 7.51. The predicted octanol–water partition coefficient (Wildman–Crippen LogP) is 4.88. The number of amides is 1. The lowest BCUT2D eigenvalue weighted by Gasteiger charge is -2.39. The molecule has 3 nitrogen and oxygen atoms in total. The maximum absolute atomic E-state index is 13.2. The molecule has 1 saturated carbocycles.